The van der Waals surface area contributed by atoms with Crippen LogP contribution in [-0.2, 0) is 16.0 Å². The Hall–Kier alpha value is -2.03. The highest BCUT2D eigenvalue weighted by molar-refractivity contribution is 9.10. The van der Waals surface area contributed by atoms with Crippen LogP contribution in [0.5, 0.6) is 0 Å². The predicted molar refractivity (Wildman–Crippen MR) is 111 cm³/mol. The van der Waals surface area contributed by atoms with Crippen molar-refractivity contribution in [3.63, 3.8) is 0 Å². The summed E-state index contributed by atoms with van der Waals surface area (Å²) in [5.74, 6) is 0.816. The topological polar surface area (TPSA) is 96.7 Å². The van der Waals surface area contributed by atoms with Gasteiger partial charge in [-0.25, -0.2) is 4.98 Å². The van der Waals surface area contributed by atoms with Crippen molar-refractivity contribution in [3.05, 3.63) is 32.5 Å². The smallest absolute Gasteiger partial charge is 0.290 e. The van der Waals surface area contributed by atoms with Gasteiger partial charge in [0.2, 0.25) is 11.8 Å². The summed E-state index contributed by atoms with van der Waals surface area (Å²) in [5, 5.41) is 11.2. The average molecular weight is 467 g/mol. The second-order valence-corrected chi connectivity index (χ2v) is 8.76. The van der Waals surface area contributed by atoms with E-state index in [-0.39, 0.29) is 28.3 Å². The molecule has 0 unspecified atom stereocenters. The third-order valence-electron chi connectivity index (χ3n) is 6.13. The van der Waals surface area contributed by atoms with Crippen LogP contribution >= 0.6 is 15.9 Å². The highest BCUT2D eigenvalue weighted by atomic mass is 79.9. The van der Waals surface area contributed by atoms with E-state index in [4.69, 9.17) is 0 Å². The number of carbonyl (C=O) groups is 2. The molecule has 8 nitrogen and oxygen atoms in total. The van der Waals surface area contributed by atoms with E-state index in [2.05, 4.69) is 20.9 Å². The Morgan fingerprint density at radius 1 is 1.14 bits per heavy atom. The number of pyridine rings is 1. The highest BCUT2D eigenvalue weighted by Crippen LogP contribution is 2.33. The van der Waals surface area contributed by atoms with Gasteiger partial charge < -0.3 is 9.80 Å². The fraction of sp³-hybridized carbons (Fsp3) is 0.650. The largest absolute Gasteiger partial charge is 0.339 e. The van der Waals surface area contributed by atoms with Gasteiger partial charge in [0.1, 0.15) is 10.3 Å². The quantitative estimate of drug-likeness (QED) is 0.377. The molecule has 1 saturated carbocycles. The van der Waals surface area contributed by atoms with Gasteiger partial charge in [-0.05, 0) is 66.4 Å². The summed E-state index contributed by atoms with van der Waals surface area (Å²) in [5.41, 5.74) is 0.590. The molecule has 2 aliphatic rings. The van der Waals surface area contributed by atoms with Crippen molar-refractivity contribution in [1.82, 2.24) is 14.8 Å². The van der Waals surface area contributed by atoms with Gasteiger partial charge >= 0.3 is 0 Å². The first-order chi connectivity index (χ1) is 13.8. The van der Waals surface area contributed by atoms with Crippen molar-refractivity contribution >= 4 is 33.4 Å². The minimum Gasteiger partial charge on any atom is -0.339 e. The fourth-order valence-corrected chi connectivity index (χ4v) is 4.70. The van der Waals surface area contributed by atoms with Crippen LogP contribution in [0, 0.1) is 22.0 Å². The zero-order valence-electron chi connectivity index (χ0n) is 16.7. The summed E-state index contributed by atoms with van der Waals surface area (Å²) >= 11 is 3.29. The number of carbonyl (C=O) groups excluding carboxylic acids is 2. The van der Waals surface area contributed by atoms with Crippen molar-refractivity contribution < 1.29 is 14.5 Å². The molecular formula is C20H27BrN4O4. The summed E-state index contributed by atoms with van der Waals surface area (Å²) < 4.78 is 0.609. The summed E-state index contributed by atoms with van der Waals surface area (Å²) in [6.07, 6.45) is 5.08. The van der Waals surface area contributed by atoms with Gasteiger partial charge in [0.05, 0.1) is 4.92 Å². The first-order valence-electron chi connectivity index (χ1n) is 10.2. The SMILES string of the molecule is CC(=O)N1CCN(C(=O)C2CCC(CCc3nc(Br)ccc3[N+](=O)[O-])CC2)CC1. The molecule has 29 heavy (non-hydrogen) atoms. The van der Waals surface area contributed by atoms with E-state index in [1.807, 2.05) is 4.90 Å². The number of aromatic nitrogens is 1. The molecule has 0 bridgehead atoms. The molecule has 1 saturated heterocycles. The Balaban J connectivity index is 1.46. The Bertz CT molecular complexity index is 772. The van der Waals surface area contributed by atoms with Crippen molar-refractivity contribution in [1.29, 1.82) is 0 Å². The van der Waals surface area contributed by atoms with Crippen molar-refractivity contribution in [3.8, 4) is 0 Å². The van der Waals surface area contributed by atoms with Crippen LogP contribution in [0.1, 0.15) is 44.7 Å². The monoisotopic (exact) mass is 466 g/mol. The minimum absolute atomic E-state index is 0.0634. The molecular weight excluding hydrogens is 440 g/mol. The Morgan fingerprint density at radius 2 is 1.76 bits per heavy atom. The van der Waals surface area contributed by atoms with E-state index in [9.17, 15) is 19.7 Å². The summed E-state index contributed by atoms with van der Waals surface area (Å²) in [7, 11) is 0. The molecule has 0 atom stereocenters. The van der Waals surface area contributed by atoms with E-state index in [0.29, 0.717) is 48.8 Å². The molecule has 0 radical (unpaired) electrons. The molecule has 0 spiro atoms. The van der Waals surface area contributed by atoms with Crippen molar-refractivity contribution in [2.75, 3.05) is 26.2 Å². The molecule has 3 rings (SSSR count). The lowest BCUT2D eigenvalue weighted by Crippen LogP contribution is -2.51. The van der Waals surface area contributed by atoms with E-state index in [1.54, 1.807) is 17.9 Å². The fourth-order valence-electron chi connectivity index (χ4n) is 4.36. The van der Waals surface area contributed by atoms with E-state index in [1.165, 1.54) is 6.07 Å². The second-order valence-electron chi connectivity index (χ2n) is 7.94. The maximum atomic E-state index is 12.8. The second kappa shape index (κ2) is 9.65. The molecule has 158 valence electrons. The molecule has 2 fully saturated rings. The molecule has 1 aromatic rings. The predicted octanol–water partition coefficient (Wildman–Crippen LogP) is 3.18. The number of rotatable bonds is 5. The summed E-state index contributed by atoms with van der Waals surface area (Å²) in [6.45, 7) is 4.05. The number of amides is 2. The molecule has 0 N–H and O–H groups in total. The number of nitro groups is 1. The van der Waals surface area contributed by atoms with Gasteiger partial charge in [-0.3, -0.25) is 19.7 Å². The zero-order valence-corrected chi connectivity index (χ0v) is 18.3. The van der Waals surface area contributed by atoms with Gasteiger partial charge in [0.15, 0.2) is 0 Å². The van der Waals surface area contributed by atoms with Crippen molar-refractivity contribution in [2.24, 2.45) is 11.8 Å². The Labute approximate surface area is 178 Å². The summed E-state index contributed by atoms with van der Waals surface area (Å²) in [4.78, 5) is 43.0. The molecule has 1 aliphatic heterocycles. The third kappa shape index (κ3) is 5.52. The molecule has 2 heterocycles. The molecule has 1 aliphatic carbocycles. The molecule has 9 heteroatoms. The van der Waals surface area contributed by atoms with Gasteiger partial charge in [0, 0.05) is 45.1 Å². The number of hydrogen-bond donors (Lipinski definition) is 0. The standard InChI is InChI=1S/C20H27BrN4O4/c1-14(26)23-10-12-24(13-11-23)20(27)16-5-2-15(3-6-16)4-7-17-18(25(28)29)8-9-19(21)22-17/h8-9,15-16H,2-7,10-13H2,1H3. The normalized spacial score (nSPS) is 22.4. The van der Waals surface area contributed by atoms with Gasteiger partial charge in [0.25, 0.3) is 5.69 Å². The summed E-state index contributed by atoms with van der Waals surface area (Å²) in [6, 6.07) is 3.09. The lowest BCUT2D eigenvalue weighted by atomic mass is 9.79. The maximum Gasteiger partial charge on any atom is 0.290 e. The minimum atomic E-state index is -0.379. The van der Waals surface area contributed by atoms with Crippen LogP contribution < -0.4 is 0 Å². The van der Waals surface area contributed by atoms with E-state index >= 15 is 0 Å². The van der Waals surface area contributed by atoms with Crippen LogP contribution in [0.25, 0.3) is 0 Å². The first kappa shape index (κ1) is 21.7. The highest BCUT2D eigenvalue weighted by Gasteiger charge is 2.31. The van der Waals surface area contributed by atoms with Crippen LogP contribution in [0.2, 0.25) is 0 Å². The average Bonchev–Trinajstić information content (AvgIpc) is 2.72. The van der Waals surface area contributed by atoms with E-state index < -0.39 is 0 Å². The third-order valence-corrected chi connectivity index (χ3v) is 6.58. The first-order valence-corrected chi connectivity index (χ1v) is 11.0. The lowest BCUT2D eigenvalue weighted by molar-refractivity contribution is -0.386. The Morgan fingerprint density at radius 3 is 2.34 bits per heavy atom. The van der Waals surface area contributed by atoms with Crippen LogP contribution in [-0.4, -0.2) is 57.7 Å². The van der Waals surface area contributed by atoms with Gasteiger partial charge in [-0.15, -0.1) is 0 Å². The van der Waals surface area contributed by atoms with Crippen molar-refractivity contribution in [2.45, 2.75) is 45.4 Å². The molecule has 2 amide bonds. The molecule has 1 aromatic heterocycles. The van der Waals surface area contributed by atoms with E-state index in [0.717, 1.165) is 32.1 Å². The number of hydrogen-bond acceptors (Lipinski definition) is 5. The number of piperazine rings is 1. The maximum absolute atomic E-state index is 12.8. The lowest BCUT2D eigenvalue weighted by Gasteiger charge is -2.37. The van der Waals surface area contributed by atoms with Gasteiger partial charge in [-0.1, -0.05) is 0 Å². The number of halogens is 1. The zero-order chi connectivity index (χ0) is 21.0. The van der Waals surface area contributed by atoms with Gasteiger partial charge in [-0.2, -0.15) is 0 Å². The number of aryl methyl sites for hydroxylation is 1. The van der Waals surface area contributed by atoms with Crippen LogP contribution in [0.3, 0.4) is 0 Å². The van der Waals surface area contributed by atoms with Crippen LogP contribution in [0.4, 0.5) is 5.69 Å². The molecule has 0 aromatic carbocycles. The van der Waals surface area contributed by atoms with Crippen LogP contribution in [0.15, 0.2) is 16.7 Å². The Kier molecular flexibility index (Phi) is 7.21. The number of nitrogens with zero attached hydrogens (tertiary/aromatic N) is 4.